The summed E-state index contributed by atoms with van der Waals surface area (Å²) in [6.45, 7) is 3.78. The smallest absolute Gasteiger partial charge is 0.336 e. The van der Waals surface area contributed by atoms with Crippen molar-refractivity contribution in [3.05, 3.63) is 35.7 Å². The Morgan fingerprint density at radius 2 is 2.29 bits per heavy atom. The molecule has 0 radical (unpaired) electrons. The van der Waals surface area contributed by atoms with Gasteiger partial charge < -0.3 is 5.11 Å². The first-order chi connectivity index (χ1) is 6.65. The Bertz CT molecular complexity index is 352. The van der Waals surface area contributed by atoms with Crippen molar-refractivity contribution in [1.82, 2.24) is 4.98 Å². The lowest BCUT2D eigenvalue weighted by Gasteiger charge is -2.01. The van der Waals surface area contributed by atoms with E-state index in [1.807, 2.05) is 19.9 Å². The van der Waals surface area contributed by atoms with Crippen LogP contribution >= 0.6 is 0 Å². The van der Waals surface area contributed by atoms with Crippen LogP contribution in [-0.4, -0.2) is 16.1 Å². The summed E-state index contributed by atoms with van der Waals surface area (Å²) in [5.74, 6) is -0.905. The van der Waals surface area contributed by atoms with Crippen LogP contribution in [0.4, 0.5) is 0 Å². The quantitative estimate of drug-likeness (QED) is 0.745. The van der Waals surface area contributed by atoms with Gasteiger partial charge in [0.05, 0.1) is 5.57 Å². The van der Waals surface area contributed by atoms with Crippen molar-refractivity contribution in [2.45, 2.75) is 20.3 Å². The molecule has 3 nitrogen and oxygen atoms in total. The van der Waals surface area contributed by atoms with Crippen LogP contribution in [-0.2, 0) is 4.79 Å². The predicted octanol–water partition coefficient (Wildman–Crippen LogP) is 2.27. The van der Waals surface area contributed by atoms with E-state index in [2.05, 4.69) is 4.98 Å². The van der Waals surface area contributed by atoms with Crippen molar-refractivity contribution in [1.29, 1.82) is 0 Å². The average molecular weight is 191 g/mol. The molecule has 1 rings (SSSR count). The molecule has 0 saturated carbocycles. The van der Waals surface area contributed by atoms with Gasteiger partial charge >= 0.3 is 5.97 Å². The Morgan fingerprint density at radius 1 is 1.57 bits per heavy atom. The fraction of sp³-hybridized carbons (Fsp3) is 0.273. The van der Waals surface area contributed by atoms with Gasteiger partial charge in [-0.25, -0.2) is 4.79 Å². The summed E-state index contributed by atoms with van der Waals surface area (Å²) in [5, 5.41) is 8.93. The minimum Gasteiger partial charge on any atom is -0.478 e. The number of aryl methyl sites for hydroxylation is 1. The zero-order valence-electron chi connectivity index (χ0n) is 8.32. The Kier molecular flexibility index (Phi) is 3.40. The Hall–Kier alpha value is -1.64. The Labute approximate surface area is 83.1 Å². The SMILES string of the molecule is CCC=C(C(=O)O)c1ccc(C)nc1. The topological polar surface area (TPSA) is 50.2 Å². The van der Waals surface area contributed by atoms with Crippen molar-refractivity contribution in [3.8, 4) is 0 Å². The summed E-state index contributed by atoms with van der Waals surface area (Å²) in [7, 11) is 0. The van der Waals surface area contributed by atoms with Gasteiger partial charge in [0.1, 0.15) is 0 Å². The fourth-order valence-electron chi connectivity index (χ4n) is 1.16. The van der Waals surface area contributed by atoms with Crippen molar-refractivity contribution in [2.75, 3.05) is 0 Å². The summed E-state index contributed by atoms with van der Waals surface area (Å²) in [6, 6.07) is 3.58. The summed E-state index contributed by atoms with van der Waals surface area (Å²) in [4.78, 5) is 14.9. The maximum absolute atomic E-state index is 10.9. The van der Waals surface area contributed by atoms with Crippen LogP contribution in [0.3, 0.4) is 0 Å². The lowest BCUT2D eigenvalue weighted by molar-refractivity contribution is -0.130. The number of aromatic nitrogens is 1. The lowest BCUT2D eigenvalue weighted by Crippen LogP contribution is -2.00. The first-order valence-corrected chi connectivity index (χ1v) is 4.51. The number of rotatable bonds is 3. The maximum atomic E-state index is 10.9. The normalized spacial score (nSPS) is 11.4. The van der Waals surface area contributed by atoms with E-state index in [0.717, 1.165) is 5.69 Å². The molecule has 0 amide bonds. The van der Waals surface area contributed by atoms with E-state index >= 15 is 0 Å². The molecule has 0 atom stereocenters. The highest BCUT2D eigenvalue weighted by Gasteiger charge is 2.08. The molecule has 1 heterocycles. The molecule has 0 aliphatic rings. The molecule has 0 unspecified atom stereocenters. The Balaban J connectivity index is 3.06. The second-order valence-electron chi connectivity index (χ2n) is 3.02. The van der Waals surface area contributed by atoms with Crippen LogP contribution in [0.25, 0.3) is 5.57 Å². The van der Waals surface area contributed by atoms with Crippen molar-refractivity contribution < 1.29 is 9.90 Å². The van der Waals surface area contributed by atoms with Crippen LogP contribution in [0.1, 0.15) is 24.6 Å². The molecule has 0 aliphatic heterocycles. The van der Waals surface area contributed by atoms with Gasteiger partial charge in [-0.3, -0.25) is 4.98 Å². The summed E-state index contributed by atoms with van der Waals surface area (Å²) in [5.41, 5.74) is 1.86. The Morgan fingerprint density at radius 3 is 2.71 bits per heavy atom. The van der Waals surface area contributed by atoms with Gasteiger partial charge in [0.2, 0.25) is 0 Å². The lowest BCUT2D eigenvalue weighted by atomic mass is 10.1. The molecular weight excluding hydrogens is 178 g/mol. The van der Waals surface area contributed by atoms with Crippen molar-refractivity contribution in [3.63, 3.8) is 0 Å². The minimum atomic E-state index is -0.905. The van der Waals surface area contributed by atoms with Gasteiger partial charge in [-0.05, 0) is 19.4 Å². The summed E-state index contributed by atoms with van der Waals surface area (Å²) < 4.78 is 0. The monoisotopic (exact) mass is 191 g/mol. The number of pyridine rings is 1. The first-order valence-electron chi connectivity index (χ1n) is 4.51. The molecule has 0 aliphatic carbocycles. The summed E-state index contributed by atoms with van der Waals surface area (Å²) in [6.07, 6.45) is 3.98. The molecule has 0 fully saturated rings. The third-order valence-electron chi connectivity index (χ3n) is 1.86. The van der Waals surface area contributed by atoms with Crippen molar-refractivity contribution in [2.24, 2.45) is 0 Å². The molecule has 0 aromatic carbocycles. The molecule has 1 aromatic rings. The van der Waals surface area contributed by atoms with Crippen LogP contribution in [0.2, 0.25) is 0 Å². The largest absolute Gasteiger partial charge is 0.478 e. The number of carboxylic acids is 1. The molecule has 0 bridgehead atoms. The van der Waals surface area contributed by atoms with E-state index in [1.54, 1.807) is 18.3 Å². The van der Waals surface area contributed by atoms with Gasteiger partial charge in [-0.15, -0.1) is 0 Å². The molecule has 74 valence electrons. The maximum Gasteiger partial charge on any atom is 0.336 e. The van der Waals surface area contributed by atoms with Crippen LogP contribution in [0, 0.1) is 6.92 Å². The molecule has 0 saturated heterocycles. The van der Waals surface area contributed by atoms with Gasteiger partial charge in [0, 0.05) is 17.5 Å². The number of nitrogens with zero attached hydrogens (tertiary/aromatic N) is 1. The standard InChI is InChI=1S/C11H13NO2/c1-3-4-10(11(13)14)9-6-5-8(2)12-7-9/h4-7H,3H2,1-2H3,(H,13,14). The first kappa shape index (κ1) is 10.4. The van der Waals surface area contributed by atoms with Crippen LogP contribution < -0.4 is 0 Å². The van der Waals surface area contributed by atoms with E-state index < -0.39 is 5.97 Å². The number of aliphatic carboxylic acids is 1. The third kappa shape index (κ3) is 2.42. The molecule has 3 heteroatoms. The number of carbonyl (C=O) groups is 1. The fourth-order valence-corrected chi connectivity index (χ4v) is 1.16. The highest BCUT2D eigenvalue weighted by Crippen LogP contribution is 2.14. The molecule has 1 N–H and O–H groups in total. The van der Waals surface area contributed by atoms with Crippen LogP contribution in [0.15, 0.2) is 24.4 Å². The van der Waals surface area contributed by atoms with Gasteiger partial charge in [0.15, 0.2) is 0 Å². The van der Waals surface area contributed by atoms with E-state index in [1.165, 1.54) is 0 Å². The van der Waals surface area contributed by atoms with E-state index in [0.29, 0.717) is 17.6 Å². The van der Waals surface area contributed by atoms with Gasteiger partial charge in [0.25, 0.3) is 0 Å². The number of hydrogen-bond donors (Lipinski definition) is 1. The van der Waals surface area contributed by atoms with E-state index in [-0.39, 0.29) is 0 Å². The summed E-state index contributed by atoms with van der Waals surface area (Å²) >= 11 is 0. The minimum absolute atomic E-state index is 0.319. The number of allylic oxidation sites excluding steroid dienone is 1. The van der Waals surface area contributed by atoms with Gasteiger partial charge in [-0.2, -0.15) is 0 Å². The van der Waals surface area contributed by atoms with Gasteiger partial charge in [-0.1, -0.05) is 19.1 Å². The molecule has 1 aromatic heterocycles. The highest BCUT2D eigenvalue weighted by atomic mass is 16.4. The third-order valence-corrected chi connectivity index (χ3v) is 1.86. The second kappa shape index (κ2) is 4.56. The van der Waals surface area contributed by atoms with E-state index in [9.17, 15) is 4.79 Å². The van der Waals surface area contributed by atoms with Crippen LogP contribution in [0.5, 0.6) is 0 Å². The predicted molar refractivity (Wildman–Crippen MR) is 54.9 cm³/mol. The van der Waals surface area contributed by atoms with E-state index in [4.69, 9.17) is 5.11 Å². The molecular formula is C11H13NO2. The number of hydrogen-bond acceptors (Lipinski definition) is 2. The zero-order valence-corrected chi connectivity index (χ0v) is 8.32. The van der Waals surface area contributed by atoms with Crippen molar-refractivity contribution >= 4 is 11.5 Å². The second-order valence-corrected chi connectivity index (χ2v) is 3.02. The molecule has 14 heavy (non-hydrogen) atoms. The zero-order chi connectivity index (χ0) is 10.6. The molecule has 0 spiro atoms. The highest BCUT2D eigenvalue weighted by molar-refractivity contribution is 6.15. The average Bonchev–Trinajstić information content (AvgIpc) is 2.15. The number of carboxylic acid groups (broad SMARTS) is 1.